The zero-order valence-corrected chi connectivity index (χ0v) is 20.4. The van der Waals surface area contributed by atoms with Crippen molar-refractivity contribution in [3.8, 4) is 16.9 Å². The third kappa shape index (κ3) is 6.29. The van der Waals surface area contributed by atoms with E-state index in [9.17, 15) is 9.50 Å². The van der Waals surface area contributed by atoms with Crippen LogP contribution in [0.5, 0.6) is 5.75 Å². The molecule has 1 fully saturated rings. The Morgan fingerprint density at radius 3 is 2.65 bits per heavy atom. The van der Waals surface area contributed by atoms with Crippen molar-refractivity contribution in [3.63, 3.8) is 0 Å². The van der Waals surface area contributed by atoms with Crippen LogP contribution in [0.2, 0.25) is 5.02 Å². The number of pyridine rings is 1. The van der Waals surface area contributed by atoms with Gasteiger partial charge >= 0.3 is 0 Å². The van der Waals surface area contributed by atoms with Gasteiger partial charge in [-0.1, -0.05) is 23.7 Å². The van der Waals surface area contributed by atoms with E-state index in [1.54, 1.807) is 36.5 Å². The first kappa shape index (κ1) is 24.4. The van der Waals surface area contributed by atoms with E-state index < -0.39 is 5.82 Å². The van der Waals surface area contributed by atoms with Gasteiger partial charge in [-0.2, -0.15) is 10.1 Å². The Kier molecular flexibility index (Phi) is 7.38. The Balaban J connectivity index is 1.23. The first-order chi connectivity index (χ1) is 18.0. The summed E-state index contributed by atoms with van der Waals surface area (Å²) in [6.07, 6.45) is 4.31. The van der Waals surface area contributed by atoms with Crippen LogP contribution in [0.1, 0.15) is 5.69 Å². The maximum atomic E-state index is 14.2. The van der Waals surface area contributed by atoms with Gasteiger partial charge in [-0.25, -0.2) is 14.8 Å². The molecule has 1 aliphatic rings. The highest BCUT2D eigenvalue weighted by molar-refractivity contribution is 6.31. The number of halogens is 2. The number of anilines is 4. The monoisotopic (exact) mass is 519 g/mol. The Morgan fingerprint density at radius 1 is 1.00 bits per heavy atom. The largest absolute Gasteiger partial charge is 0.508 e. The van der Waals surface area contributed by atoms with E-state index >= 15 is 0 Å². The number of phenolic OH excluding ortho intramolecular Hbond substituents is 1. The lowest BCUT2D eigenvalue weighted by Crippen LogP contribution is -2.37. The first-order valence-electron chi connectivity index (χ1n) is 11.5. The molecule has 1 aliphatic heterocycles. The average molecular weight is 520 g/mol. The van der Waals surface area contributed by atoms with Crippen LogP contribution in [0.3, 0.4) is 0 Å². The fourth-order valence-corrected chi connectivity index (χ4v) is 4.04. The van der Waals surface area contributed by atoms with Gasteiger partial charge in [0.05, 0.1) is 43.2 Å². The van der Waals surface area contributed by atoms with Crippen molar-refractivity contribution in [2.75, 3.05) is 41.9 Å². The third-order valence-corrected chi connectivity index (χ3v) is 5.77. The lowest BCUT2D eigenvalue weighted by molar-refractivity contribution is 0.122. The zero-order valence-electron chi connectivity index (χ0n) is 19.6. The molecular formula is C26H23ClFN7O2. The molecule has 0 atom stereocenters. The number of aromatic nitrogens is 3. The molecule has 2 aromatic carbocycles. The molecule has 0 amide bonds. The SMILES string of the molecule is Oc1cccc(-c2cc(Cl)cc(Nc3ccc(/C=N/Nc4ncc(F)c(N5CCOCC5)n4)nc3)c2)c1. The van der Waals surface area contributed by atoms with Gasteiger partial charge in [0.15, 0.2) is 11.6 Å². The number of nitrogens with one attached hydrogen (secondary N) is 2. The molecule has 37 heavy (non-hydrogen) atoms. The van der Waals surface area contributed by atoms with Crippen molar-refractivity contribution in [3.05, 3.63) is 83.5 Å². The Hall–Kier alpha value is -4.28. The maximum Gasteiger partial charge on any atom is 0.245 e. The van der Waals surface area contributed by atoms with Gasteiger partial charge in [0.1, 0.15) is 5.75 Å². The van der Waals surface area contributed by atoms with Gasteiger partial charge in [-0.15, -0.1) is 0 Å². The van der Waals surface area contributed by atoms with Crippen LogP contribution < -0.4 is 15.6 Å². The van der Waals surface area contributed by atoms with E-state index in [2.05, 4.69) is 30.8 Å². The Bertz CT molecular complexity index is 1410. The van der Waals surface area contributed by atoms with E-state index in [1.165, 1.54) is 6.21 Å². The summed E-state index contributed by atoms with van der Waals surface area (Å²) in [5.41, 5.74) is 6.57. The van der Waals surface area contributed by atoms with Gasteiger partial charge in [0, 0.05) is 23.8 Å². The second-order valence-electron chi connectivity index (χ2n) is 8.21. The smallest absolute Gasteiger partial charge is 0.245 e. The molecule has 188 valence electrons. The van der Waals surface area contributed by atoms with Crippen molar-refractivity contribution in [2.24, 2.45) is 5.10 Å². The van der Waals surface area contributed by atoms with E-state index in [0.717, 1.165) is 28.7 Å². The third-order valence-electron chi connectivity index (χ3n) is 5.55. The van der Waals surface area contributed by atoms with Crippen molar-refractivity contribution in [1.82, 2.24) is 15.0 Å². The maximum absolute atomic E-state index is 14.2. The topological polar surface area (TPSA) is 108 Å². The molecule has 1 saturated heterocycles. The number of hydrazone groups is 1. The van der Waals surface area contributed by atoms with Crippen LogP contribution >= 0.6 is 11.6 Å². The summed E-state index contributed by atoms with van der Waals surface area (Å²) in [5, 5.41) is 17.7. The zero-order chi connectivity index (χ0) is 25.6. The minimum absolute atomic E-state index is 0.181. The first-order valence-corrected chi connectivity index (χ1v) is 11.9. The normalized spacial score (nSPS) is 13.6. The molecule has 0 spiro atoms. The highest BCUT2D eigenvalue weighted by Gasteiger charge is 2.17. The number of morpholine rings is 1. The van der Waals surface area contributed by atoms with E-state index in [1.807, 2.05) is 29.2 Å². The van der Waals surface area contributed by atoms with Gasteiger partial charge in [-0.3, -0.25) is 4.98 Å². The molecule has 0 saturated carbocycles. The Labute approximate surface area is 217 Å². The summed E-state index contributed by atoms with van der Waals surface area (Å²) < 4.78 is 19.5. The van der Waals surface area contributed by atoms with Gasteiger partial charge in [0.25, 0.3) is 0 Å². The second kappa shape index (κ2) is 11.2. The molecule has 0 aliphatic carbocycles. The van der Waals surface area contributed by atoms with Crippen LogP contribution in [-0.2, 0) is 4.74 Å². The van der Waals surface area contributed by atoms with E-state index in [0.29, 0.717) is 37.0 Å². The number of ether oxygens (including phenoxy) is 1. The van der Waals surface area contributed by atoms with Crippen molar-refractivity contribution >= 4 is 41.0 Å². The molecule has 2 aromatic heterocycles. The molecular weight excluding hydrogens is 497 g/mol. The molecule has 3 heterocycles. The van der Waals surface area contributed by atoms with Gasteiger partial charge in [0.2, 0.25) is 5.95 Å². The number of aromatic hydroxyl groups is 1. The number of phenols is 1. The second-order valence-corrected chi connectivity index (χ2v) is 8.65. The predicted molar refractivity (Wildman–Crippen MR) is 142 cm³/mol. The van der Waals surface area contributed by atoms with Crippen LogP contribution in [0.15, 0.2) is 72.1 Å². The van der Waals surface area contributed by atoms with Crippen LogP contribution in [0.4, 0.5) is 27.5 Å². The number of benzene rings is 2. The van der Waals surface area contributed by atoms with Crippen LogP contribution in [-0.4, -0.2) is 52.6 Å². The lowest BCUT2D eigenvalue weighted by Gasteiger charge is -2.27. The number of rotatable bonds is 7. The average Bonchev–Trinajstić information content (AvgIpc) is 2.91. The summed E-state index contributed by atoms with van der Waals surface area (Å²) in [4.78, 5) is 14.4. The van der Waals surface area contributed by atoms with Crippen molar-refractivity contribution in [1.29, 1.82) is 0 Å². The molecule has 4 aromatic rings. The summed E-state index contributed by atoms with van der Waals surface area (Å²) in [5.74, 6) is 0.0973. The number of hydrogen-bond donors (Lipinski definition) is 3. The molecule has 9 nitrogen and oxygen atoms in total. The lowest BCUT2D eigenvalue weighted by atomic mass is 10.0. The van der Waals surface area contributed by atoms with Crippen molar-refractivity contribution < 1.29 is 14.2 Å². The molecule has 0 unspecified atom stereocenters. The standard InChI is InChI=1S/C26H23ClFN7O2/c27-19-10-18(17-2-1-3-23(36)12-17)11-22(13-19)32-21-5-4-20(29-14-21)15-31-34-26-30-16-24(28)25(33-26)35-6-8-37-9-7-35/h1-5,10-16,32,36H,6-9H2,(H,30,33,34)/b31-15+. The highest BCUT2D eigenvalue weighted by Crippen LogP contribution is 2.30. The fourth-order valence-electron chi connectivity index (χ4n) is 3.80. The molecule has 11 heteroatoms. The summed E-state index contributed by atoms with van der Waals surface area (Å²) in [7, 11) is 0. The molecule has 0 bridgehead atoms. The van der Waals surface area contributed by atoms with E-state index in [-0.39, 0.29) is 17.5 Å². The van der Waals surface area contributed by atoms with Crippen LogP contribution in [0.25, 0.3) is 11.1 Å². The quantitative estimate of drug-likeness (QED) is 0.230. The van der Waals surface area contributed by atoms with Gasteiger partial charge < -0.3 is 20.1 Å². The molecule has 0 radical (unpaired) electrons. The van der Waals surface area contributed by atoms with Crippen molar-refractivity contribution in [2.45, 2.75) is 0 Å². The number of hydrogen-bond acceptors (Lipinski definition) is 9. The Morgan fingerprint density at radius 2 is 1.86 bits per heavy atom. The van der Waals surface area contributed by atoms with E-state index in [4.69, 9.17) is 16.3 Å². The molecule has 5 rings (SSSR count). The molecule has 3 N–H and O–H groups in total. The van der Waals surface area contributed by atoms with Crippen LogP contribution in [0, 0.1) is 5.82 Å². The minimum Gasteiger partial charge on any atom is -0.508 e. The summed E-state index contributed by atoms with van der Waals surface area (Å²) in [6, 6.07) is 16.2. The minimum atomic E-state index is -0.491. The summed E-state index contributed by atoms with van der Waals surface area (Å²) in [6.45, 7) is 2.18. The summed E-state index contributed by atoms with van der Waals surface area (Å²) >= 11 is 6.32. The fraction of sp³-hybridized carbons (Fsp3) is 0.154. The predicted octanol–water partition coefficient (Wildman–Crippen LogP) is 5.06. The highest BCUT2D eigenvalue weighted by atomic mass is 35.5. The number of nitrogens with zero attached hydrogens (tertiary/aromatic N) is 5. The van der Waals surface area contributed by atoms with Gasteiger partial charge in [-0.05, 0) is 53.6 Å².